The monoisotopic (exact) mass is 347 g/mol. The van der Waals surface area contributed by atoms with Gasteiger partial charge in [0.2, 0.25) is 0 Å². The quantitative estimate of drug-likeness (QED) is 0.890. The molecule has 0 bridgehead atoms. The molecule has 25 heavy (non-hydrogen) atoms. The van der Waals surface area contributed by atoms with Crippen LogP contribution < -0.4 is 4.74 Å². The first-order chi connectivity index (χ1) is 11.8. The molecule has 0 radical (unpaired) electrons. The number of para-hydroxylation sites is 1. The molecule has 1 aromatic carbocycles. The summed E-state index contributed by atoms with van der Waals surface area (Å²) in [4.78, 5) is 26.7. The highest BCUT2D eigenvalue weighted by atomic mass is 16.6. The molecule has 3 rings (SSSR count). The summed E-state index contributed by atoms with van der Waals surface area (Å²) in [5.41, 5.74) is -0.269. The van der Waals surface area contributed by atoms with Crippen LogP contribution in [0, 0.1) is 5.92 Å². The van der Waals surface area contributed by atoms with Crippen LogP contribution in [0.2, 0.25) is 0 Å². The van der Waals surface area contributed by atoms with Crippen molar-refractivity contribution in [3.05, 3.63) is 29.8 Å². The molecule has 0 aliphatic carbocycles. The van der Waals surface area contributed by atoms with Crippen LogP contribution in [-0.4, -0.2) is 52.8 Å². The number of aliphatic hydroxyl groups is 1. The van der Waals surface area contributed by atoms with Crippen molar-refractivity contribution < 1.29 is 24.2 Å². The molecule has 0 aromatic heterocycles. The summed E-state index contributed by atoms with van der Waals surface area (Å²) in [7, 11) is 0. The van der Waals surface area contributed by atoms with Crippen molar-refractivity contribution in [1.29, 1.82) is 0 Å². The van der Waals surface area contributed by atoms with E-state index in [1.54, 1.807) is 30.0 Å². The lowest BCUT2D eigenvalue weighted by Gasteiger charge is -2.48. The summed E-state index contributed by atoms with van der Waals surface area (Å²) in [6.07, 6.45) is -0.380. The lowest BCUT2D eigenvalue weighted by molar-refractivity contribution is -0.0740. The van der Waals surface area contributed by atoms with Crippen LogP contribution in [0.5, 0.6) is 5.75 Å². The zero-order valence-electron chi connectivity index (χ0n) is 14.9. The van der Waals surface area contributed by atoms with E-state index in [4.69, 9.17) is 9.47 Å². The average molecular weight is 347 g/mol. The van der Waals surface area contributed by atoms with E-state index in [1.165, 1.54) is 0 Å². The molecule has 6 heteroatoms. The van der Waals surface area contributed by atoms with Gasteiger partial charge < -0.3 is 19.5 Å². The first-order valence-electron chi connectivity index (χ1n) is 8.80. The Labute approximate surface area is 147 Å². The van der Waals surface area contributed by atoms with Gasteiger partial charge in [0.1, 0.15) is 11.4 Å². The minimum absolute atomic E-state index is 0.0879. The Kier molecular flexibility index (Phi) is 4.73. The Bertz CT molecular complexity index is 662. The van der Waals surface area contributed by atoms with Crippen LogP contribution in [0.15, 0.2) is 24.3 Å². The van der Waals surface area contributed by atoms with E-state index in [-0.39, 0.29) is 18.0 Å². The number of ether oxygens (including phenoxy) is 2. The topological polar surface area (TPSA) is 76.1 Å². The smallest absolute Gasteiger partial charge is 0.410 e. The molecule has 1 amide bonds. The molecule has 2 aliphatic rings. The third-order valence-corrected chi connectivity index (χ3v) is 5.00. The van der Waals surface area contributed by atoms with E-state index in [9.17, 15) is 14.7 Å². The van der Waals surface area contributed by atoms with Gasteiger partial charge in [0.05, 0.1) is 23.7 Å². The summed E-state index contributed by atoms with van der Waals surface area (Å²) in [6, 6.07) is 7.14. The number of benzene rings is 1. The number of Topliss-reactive ketones (excluding diaryl/α,β-unsaturated/α-hetero) is 1. The van der Waals surface area contributed by atoms with Gasteiger partial charge in [0.25, 0.3) is 0 Å². The molecular formula is C19H25NO5. The first-order valence-corrected chi connectivity index (χ1v) is 8.80. The average Bonchev–Trinajstić information content (AvgIpc) is 2.54. The second kappa shape index (κ2) is 6.67. The number of piperidine rings is 1. The zero-order chi connectivity index (χ0) is 18.2. The van der Waals surface area contributed by atoms with Gasteiger partial charge in [0.15, 0.2) is 5.78 Å². The first kappa shape index (κ1) is 17.7. The summed E-state index contributed by atoms with van der Waals surface area (Å²) in [5.74, 6) is -0.164. The number of likely N-dealkylation sites (tertiary alicyclic amines) is 1. The molecule has 1 fully saturated rings. The third kappa shape index (κ3) is 3.23. The second-order valence-corrected chi connectivity index (χ2v) is 7.17. The van der Waals surface area contributed by atoms with Crippen LogP contribution in [0.1, 0.15) is 44.0 Å². The van der Waals surface area contributed by atoms with E-state index in [0.717, 1.165) is 0 Å². The highest BCUT2D eigenvalue weighted by Crippen LogP contribution is 2.44. The maximum absolute atomic E-state index is 12.9. The fourth-order valence-electron chi connectivity index (χ4n) is 3.86. The Morgan fingerprint density at radius 1 is 1.28 bits per heavy atom. The number of rotatable bonds is 2. The number of amides is 1. The van der Waals surface area contributed by atoms with Crippen molar-refractivity contribution in [2.24, 2.45) is 5.92 Å². The standard InChI is InChI=1S/C19H25NO5/c1-12(2)24-18(23)20-10-8-19(9-11-20)16(13(3)21)17(22)14-6-4-5-7-15(14)25-19/h4-7,12-13,16,21H,8-11H2,1-3H3. The molecule has 2 heterocycles. The predicted octanol–water partition coefficient (Wildman–Crippen LogP) is 2.64. The van der Waals surface area contributed by atoms with E-state index < -0.39 is 17.6 Å². The van der Waals surface area contributed by atoms with Crippen molar-refractivity contribution >= 4 is 11.9 Å². The summed E-state index contributed by atoms with van der Waals surface area (Å²) in [6.45, 7) is 6.12. The largest absolute Gasteiger partial charge is 0.486 e. The fourth-order valence-corrected chi connectivity index (χ4v) is 3.86. The number of hydrogen-bond acceptors (Lipinski definition) is 5. The van der Waals surface area contributed by atoms with E-state index >= 15 is 0 Å². The number of hydrogen-bond donors (Lipinski definition) is 1. The Hall–Kier alpha value is -2.08. The van der Waals surface area contributed by atoms with Gasteiger partial charge in [-0.3, -0.25) is 4.79 Å². The number of fused-ring (bicyclic) bond motifs is 1. The van der Waals surface area contributed by atoms with E-state index in [0.29, 0.717) is 37.2 Å². The van der Waals surface area contributed by atoms with Gasteiger partial charge in [-0.1, -0.05) is 12.1 Å². The van der Waals surface area contributed by atoms with Gasteiger partial charge in [-0.25, -0.2) is 4.79 Å². The van der Waals surface area contributed by atoms with Gasteiger partial charge in [-0.15, -0.1) is 0 Å². The van der Waals surface area contributed by atoms with Crippen LogP contribution >= 0.6 is 0 Å². The van der Waals surface area contributed by atoms with Crippen molar-refractivity contribution in [1.82, 2.24) is 4.90 Å². The van der Waals surface area contributed by atoms with Crippen molar-refractivity contribution in [3.8, 4) is 5.75 Å². The van der Waals surface area contributed by atoms with Crippen molar-refractivity contribution in [2.45, 2.75) is 51.4 Å². The fraction of sp³-hybridized carbons (Fsp3) is 0.579. The highest BCUT2D eigenvalue weighted by molar-refractivity contribution is 6.02. The summed E-state index contributed by atoms with van der Waals surface area (Å²) < 4.78 is 11.5. The predicted molar refractivity (Wildman–Crippen MR) is 91.7 cm³/mol. The lowest BCUT2D eigenvalue weighted by Crippen LogP contribution is -2.60. The van der Waals surface area contributed by atoms with Crippen LogP contribution in [0.25, 0.3) is 0 Å². The number of nitrogens with zero attached hydrogens (tertiary/aromatic N) is 1. The normalized spacial score (nSPS) is 23.2. The van der Waals surface area contributed by atoms with Gasteiger partial charge in [0, 0.05) is 25.9 Å². The number of aliphatic hydroxyl groups excluding tert-OH is 1. The molecule has 1 spiro atoms. The summed E-state index contributed by atoms with van der Waals surface area (Å²) >= 11 is 0. The Balaban J connectivity index is 1.83. The van der Waals surface area contributed by atoms with Crippen LogP contribution in [0.4, 0.5) is 4.79 Å². The van der Waals surface area contributed by atoms with Crippen molar-refractivity contribution in [3.63, 3.8) is 0 Å². The van der Waals surface area contributed by atoms with Crippen LogP contribution in [-0.2, 0) is 4.74 Å². The molecule has 136 valence electrons. The maximum atomic E-state index is 12.9. The third-order valence-electron chi connectivity index (χ3n) is 5.00. The van der Waals surface area contributed by atoms with Gasteiger partial charge >= 0.3 is 6.09 Å². The molecular weight excluding hydrogens is 322 g/mol. The number of carbonyl (C=O) groups is 2. The van der Waals surface area contributed by atoms with Gasteiger partial charge in [-0.2, -0.15) is 0 Å². The van der Waals surface area contributed by atoms with Crippen LogP contribution in [0.3, 0.4) is 0 Å². The molecule has 0 saturated carbocycles. The molecule has 2 unspecified atom stereocenters. The number of carbonyl (C=O) groups excluding carboxylic acids is 2. The van der Waals surface area contributed by atoms with Gasteiger partial charge in [-0.05, 0) is 32.9 Å². The SMILES string of the molecule is CC(C)OC(=O)N1CCC2(CC1)Oc1ccccc1C(=O)C2C(C)O. The Morgan fingerprint density at radius 3 is 2.52 bits per heavy atom. The molecule has 1 saturated heterocycles. The van der Waals surface area contributed by atoms with Crippen molar-refractivity contribution in [2.75, 3.05) is 13.1 Å². The minimum Gasteiger partial charge on any atom is -0.486 e. The minimum atomic E-state index is -0.824. The number of ketones is 1. The molecule has 1 N–H and O–H groups in total. The zero-order valence-corrected chi connectivity index (χ0v) is 14.9. The lowest BCUT2D eigenvalue weighted by atomic mass is 9.71. The maximum Gasteiger partial charge on any atom is 0.410 e. The highest BCUT2D eigenvalue weighted by Gasteiger charge is 2.53. The van der Waals surface area contributed by atoms with E-state index in [1.807, 2.05) is 19.9 Å². The summed E-state index contributed by atoms with van der Waals surface area (Å²) in [5, 5.41) is 10.3. The molecule has 2 atom stereocenters. The molecule has 1 aromatic rings. The second-order valence-electron chi connectivity index (χ2n) is 7.17. The molecule has 2 aliphatic heterocycles. The Morgan fingerprint density at radius 2 is 1.92 bits per heavy atom. The van der Waals surface area contributed by atoms with E-state index in [2.05, 4.69) is 0 Å². The molecule has 6 nitrogen and oxygen atoms in total.